The lowest BCUT2D eigenvalue weighted by Gasteiger charge is -2.09. The Labute approximate surface area is 142 Å². The van der Waals surface area contributed by atoms with Crippen molar-refractivity contribution in [3.05, 3.63) is 66.5 Å². The van der Waals surface area contributed by atoms with E-state index in [4.69, 9.17) is 0 Å². The zero-order valence-corrected chi connectivity index (χ0v) is 14.0. The van der Waals surface area contributed by atoms with Crippen molar-refractivity contribution >= 4 is 22.4 Å². The second-order valence-electron chi connectivity index (χ2n) is 5.10. The van der Waals surface area contributed by atoms with Gasteiger partial charge in [0, 0.05) is 29.4 Å². The van der Waals surface area contributed by atoms with E-state index in [1.54, 1.807) is 36.7 Å². The molecule has 122 valence electrons. The number of amides is 1. The molecule has 0 spiro atoms. The lowest BCUT2D eigenvalue weighted by Crippen LogP contribution is -2.15. The van der Waals surface area contributed by atoms with Gasteiger partial charge in [-0.15, -0.1) is 0 Å². The number of carbonyl (C=O) groups excluding carboxylic acids is 1. The third kappa shape index (κ3) is 3.44. The van der Waals surface area contributed by atoms with Crippen LogP contribution in [0.3, 0.4) is 0 Å². The molecule has 0 bridgehead atoms. The van der Waals surface area contributed by atoms with Crippen LogP contribution in [0.2, 0.25) is 0 Å². The Morgan fingerprint density at radius 3 is 2.58 bits per heavy atom. The van der Waals surface area contributed by atoms with E-state index in [0.29, 0.717) is 21.9 Å². The summed E-state index contributed by atoms with van der Waals surface area (Å²) in [4.78, 5) is 20.3. The molecule has 3 aromatic rings. The maximum absolute atomic E-state index is 12.5. The topological polar surface area (TPSA) is 74.8 Å². The van der Waals surface area contributed by atoms with Crippen LogP contribution in [0, 0.1) is 0 Å². The van der Waals surface area contributed by atoms with Crippen LogP contribution < -0.4 is 5.32 Å². The molecule has 24 heavy (non-hydrogen) atoms. The molecule has 1 atom stereocenters. The van der Waals surface area contributed by atoms with Gasteiger partial charge in [0.25, 0.3) is 5.91 Å². The first-order chi connectivity index (χ1) is 11.7. The zero-order chi connectivity index (χ0) is 16.9. The van der Waals surface area contributed by atoms with Gasteiger partial charge in [0.15, 0.2) is 0 Å². The largest absolute Gasteiger partial charge is 0.345 e. The normalized spacial score (nSPS) is 11.9. The number of imidazole rings is 1. The van der Waals surface area contributed by atoms with Crippen molar-refractivity contribution < 1.29 is 9.00 Å². The first kappa shape index (κ1) is 16.1. The Morgan fingerprint density at radius 1 is 1.17 bits per heavy atom. The van der Waals surface area contributed by atoms with Gasteiger partial charge in [0.1, 0.15) is 5.82 Å². The lowest BCUT2D eigenvalue weighted by molar-refractivity contribution is 0.102. The Kier molecular flexibility index (Phi) is 4.86. The Balaban J connectivity index is 1.79. The molecule has 0 radical (unpaired) electrons. The maximum atomic E-state index is 12.5. The SMILES string of the molecule is CC[S@@](=O)c1ccccc1C(=O)Nc1ccc(-c2ncc[nH]2)cc1. The van der Waals surface area contributed by atoms with Gasteiger partial charge >= 0.3 is 0 Å². The zero-order valence-electron chi connectivity index (χ0n) is 13.2. The standard InChI is InChI=1S/C18H17N3O2S/c1-2-24(23)16-6-4-3-5-15(16)18(22)21-14-9-7-13(8-10-14)17-19-11-12-20-17/h3-12H,2H2,1H3,(H,19,20)(H,21,22)/t24-/m1/s1. The van der Waals surface area contributed by atoms with Crippen molar-refractivity contribution in [1.29, 1.82) is 0 Å². The molecule has 1 aromatic heterocycles. The molecule has 0 saturated carbocycles. The van der Waals surface area contributed by atoms with Gasteiger partial charge in [0.2, 0.25) is 0 Å². The molecule has 1 heterocycles. The summed E-state index contributed by atoms with van der Waals surface area (Å²) in [5.41, 5.74) is 2.05. The van der Waals surface area contributed by atoms with Crippen LogP contribution in [0.4, 0.5) is 5.69 Å². The third-order valence-electron chi connectivity index (χ3n) is 3.55. The summed E-state index contributed by atoms with van der Waals surface area (Å²) in [5.74, 6) is 0.983. The first-order valence-corrected chi connectivity index (χ1v) is 8.89. The Hall–Kier alpha value is -2.73. The van der Waals surface area contributed by atoms with Crippen molar-refractivity contribution in [3.8, 4) is 11.4 Å². The van der Waals surface area contributed by atoms with Crippen molar-refractivity contribution in [3.63, 3.8) is 0 Å². The number of nitrogens with zero attached hydrogens (tertiary/aromatic N) is 1. The average Bonchev–Trinajstić information content (AvgIpc) is 3.16. The van der Waals surface area contributed by atoms with E-state index in [2.05, 4.69) is 15.3 Å². The van der Waals surface area contributed by atoms with Gasteiger partial charge in [-0.05, 0) is 36.4 Å². The van der Waals surface area contributed by atoms with Gasteiger partial charge in [0.05, 0.1) is 21.3 Å². The highest BCUT2D eigenvalue weighted by Crippen LogP contribution is 2.20. The summed E-state index contributed by atoms with van der Waals surface area (Å²) in [6.45, 7) is 1.83. The predicted molar refractivity (Wildman–Crippen MR) is 95.4 cm³/mol. The minimum Gasteiger partial charge on any atom is -0.345 e. The maximum Gasteiger partial charge on any atom is 0.256 e. The van der Waals surface area contributed by atoms with Crippen LogP contribution in [-0.2, 0) is 10.8 Å². The molecule has 3 rings (SSSR count). The van der Waals surface area contributed by atoms with Crippen LogP contribution in [-0.4, -0.2) is 25.8 Å². The Bertz CT molecular complexity index is 858. The van der Waals surface area contributed by atoms with Gasteiger partial charge in [-0.25, -0.2) is 4.98 Å². The fourth-order valence-electron chi connectivity index (χ4n) is 2.34. The molecule has 0 aliphatic heterocycles. The number of aromatic nitrogens is 2. The van der Waals surface area contributed by atoms with Crippen LogP contribution >= 0.6 is 0 Å². The highest BCUT2D eigenvalue weighted by atomic mass is 32.2. The molecule has 0 aliphatic carbocycles. The molecular formula is C18H17N3O2S. The monoisotopic (exact) mass is 339 g/mol. The number of H-pyrrole nitrogens is 1. The quantitative estimate of drug-likeness (QED) is 0.747. The number of carbonyl (C=O) groups is 1. The first-order valence-electron chi connectivity index (χ1n) is 7.57. The van der Waals surface area contributed by atoms with E-state index in [1.165, 1.54) is 0 Å². The van der Waals surface area contributed by atoms with E-state index < -0.39 is 10.8 Å². The second-order valence-corrected chi connectivity index (χ2v) is 6.81. The molecule has 0 fully saturated rings. The summed E-state index contributed by atoms with van der Waals surface area (Å²) in [5, 5.41) is 2.85. The van der Waals surface area contributed by atoms with E-state index in [-0.39, 0.29) is 5.91 Å². The van der Waals surface area contributed by atoms with Crippen LogP contribution in [0.5, 0.6) is 0 Å². The van der Waals surface area contributed by atoms with Gasteiger partial charge in [-0.2, -0.15) is 0 Å². The Morgan fingerprint density at radius 2 is 1.92 bits per heavy atom. The lowest BCUT2D eigenvalue weighted by atomic mass is 10.1. The van der Waals surface area contributed by atoms with E-state index in [9.17, 15) is 9.00 Å². The molecule has 6 heteroatoms. The smallest absolute Gasteiger partial charge is 0.256 e. The molecule has 5 nitrogen and oxygen atoms in total. The minimum absolute atomic E-state index is 0.266. The number of aromatic amines is 1. The number of hydrogen-bond acceptors (Lipinski definition) is 3. The average molecular weight is 339 g/mol. The number of rotatable bonds is 5. The molecule has 2 N–H and O–H groups in total. The molecular weight excluding hydrogens is 322 g/mol. The fraction of sp³-hybridized carbons (Fsp3) is 0.111. The number of hydrogen-bond donors (Lipinski definition) is 2. The molecule has 0 unspecified atom stereocenters. The number of anilines is 1. The van der Waals surface area contributed by atoms with Crippen LogP contribution in [0.25, 0.3) is 11.4 Å². The van der Waals surface area contributed by atoms with Crippen LogP contribution in [0.1, 0.15) is 17.3 Å². The van der Waals surface area contributed by atoms with Gasteiger partial charge in [-0.3, -0.25) is 9.00 Å². The fourth-order valence-corrected chi connectivity index (χ4v) is 3.29. The van der Waals surface area contributed by atoms with E-state index >= 15 is 0 Å². The van der Waals surface area contributed by atoms with Gasteiger partial charge in [-0.1, -0.05) is 19.1 Å². The summed E-state index contributed by atoms with van der Waals surface area (Å²) >= 11 is 0. The molecule has 2 aromatic carbocycles. The molecule has 0 saturated heterocycles. The summed E-state index contributed by atoms with van der Waals surface area (Å²) in [6.07, 6.45) is 3.45. The van der Waals surface area contributed by atoms with Crippen molar-refractivity contribution in [1.82, 2.24) is 9.97 Å². The van der Waals surface area contributed by atoms with E-state index in [0.717, 1.165) is 11.4 Å². The van der Waals surface area contributed by atoms with Crippen molar-refractivity contribution in [2.24, 2.45) is 0 Å². The summed E-state index contributed by atoms with van der Waals surface area (Å²) in [7, 11) is -1.18. The summed E-state index contributed by atoms with van der Waals surface area (Å²) < 4.78 is 12.1. The third-order valence-corrected chi connectivity index (χ3v) is 4.92. The second kappa shape index (κ2) is 7.23. The van der Waals surface area contributed by atoms with Crippen molar-refractivity contribution in [2.45, 2.75) is 11.8 Å². The number of benzene rings is 2. The number of nitrogens with one attached hydrogen (secondary N) is 2. The highest BCUT2D eigenvalue weighted by molar-refractivity contribution is 7.85. The van der Waals surface area contributed by atoms with Gasteiger partial charge < -0.3 is 10.3 Å². The van der Waals surface area contributed by atoms with Crippen molar-refractivity contribution in [2.75, 3.05) is 11.1 Å². The predicted octanol–water partition coefficient (Wildman–Crippen LogP) is 3.46. The molecule has 0 aliphatic rings. The van der Waals surface area contributed by atoms with Crippen LogP contribution in [0.15, 0.2) is 65.8 Å². The summed E-state index contributed by atoms with van der Waals surface area (Å²) in [6, 6.07) is 14.4. The highest BCUT2D eigenvalue weighted by Gasteiger charge is 2.14. The van der Waals surface area contributed by atoms with E-state index in [1.807, 2.05) is 31.2 Å². The minimum atomic E-state index is -1.18. The molecule has 1 amide bonds.